The molecule has 0 bridgehead atoms. The van der Waals surface area contributed by atoms with Gasteiger partial charge in [0.25, 0.3) is 5.92 Å². The molecule has 1 aromatic carbocycles. The summed E-state index contributed by atoms with van der Waals surface area (Å²) in [6.07, 6.45) is 3.90. The molecule has 4 rings (SSSR count). The molecule has 36 heavy (non-hydrogen) atoms. The molecule has 13 heteroatoms. The molecule has 1 N–H and O–H groups in total. The van der Waals surface area contributed by atoms with Gasteiger partial charge in [-0.25, -0.2) is 31.9 Å². The number of hydrogen-bond donors (Lipinski definition) is 1. The van der Waals surface area contributed by atoms with Gasteiger partial charge in [-0.1, -0.05) is 0 Å². The standard InChI is InChI=1S/C23H20F5N5O3/c1-13(32-7-4-23(27,28)16(12-32)14-2-5-33(35)6-3-14)22(34)31-19-10-30-20(11-29-19)36-21-17(25)8-15(24)9-18(21)26/h2-3,5-6,8-11,13,16H,4,7,12H2,1H3,(H,29,31,34)/t13?,16-/m1/s1. The van der Waals surface area contributed by atoms with Crippen LogP contribution in [0, 0.1) is 22.7 Å². The van der Waals surface area contributed by atoms with Gasteiger partial charge in [0.2, 0.25) is 17.5 Å². The van der Waals surface area contributed by atoms with Crippen LogP contribution >= 0.6 is 0 Å². The van der Waals surface area contributed by atoms with Gasteiger partial charge in [-0.3, -0.25) is 9.69 Å². The zero-order chi connectivity index (χ0) is 26.0. The predicted molar refractivity (Wildman–Crippen MR) is 116 cm³/mol. The molecule has 2 atom stereocenters. The summed E-state index contributed by atoms with van der Waals surface area (Å²) in [6.45, 7) is 1.41. The first-order valence-corrected chi connectivity index (χ1v) is 10.8. The molecule has 1 aliphatic heterocycles. The van der Waals surface area contributed by atoms with Crippen molar-refractivity contribution >= 4 is 11.7 Å². The third-order valence-corrected chi connectivity index (χ3v) is 5.87. The fourth-order valence-electron chi connectivity index (χ4n) is 3.84. The van der Waals surface area contributed by atoms with Gasteiger partial charge in [0.15, 0.2) is 29.8 Å². The number of piperidine rings is 1. The molecular formula is C23H20F5N5O3. The summed E-state index contributed by atoms with van der Waals surface area (Å²) in [5.41, 5.74) is 0.292. The topological polar surface area (TPSA) is 94.3 Å². The number of alkyl halides is 2. The zero-order valence-corrected chi connectivity index (χ0v) is 18.8. The summed E-state index contributed by atoms with van der Waals surface area (Å²) in [5.74, 6) is -9.59. The van der Waals surface area contributed by atoms with E-state index in [9.17, 15) is 32.0 Å². The maximum absolute atomic E-state index is 14.6. The first-order valence-electron chi connectivity index (χ1n) is 10.8. The SMILES string of the molecule is CC(C(=O)Nc1cnc(Oc2c(F)cc(F)cc2F)cn1)N1CCC(F)(F)[C@@H](c2cc[n+]([O-])cc2)C1. The molecule has 1 fully saturated rings. The van der Waals surface area contributed by atoms with Crippen LogP contribution in [0.15, 0.2) is 49.1 Å². The second kappa shape index (κ2) is 10.0. The second-order valence-electron chi connectivity index (χ2n) is 8.26. The normalized spacial score (nSPS) is 18.4. The van der Waals surface area contributed by atoms with Crippen molar-refractivity contribution in [3.63, 3.8) is 0 Å². The number of likely N-dealkylation sites (tertiary alicyclic amines) is 1. The van der Waals surface area contributed by atoms with Crippen LogP contribution in [0.2, 0.25) is 0 Å². The van der Waals surface area contributed by atoms with Gasteiger partial charge in [-0.05, 0) is 12.5 Å². The lowest BCUT2D eigenvalue weighted by atomic mass is 9.87. The third kappa shape index (κ3) is 5.51. The number of ether oxygens (including phenoxy) is 1. The minimum atomic E-state index is -3.01. The van der Waals surface area contributed by atoms with Crippen molar-refractivity contribution in [1.29, 1.82) is 0 Å². The highest BCUT2D eigenvalue weighted by atomic mass is 19.3. The highest BCUT2D eigenvalue weighted by molar-refractivity contribution is 5.93. The lowest BCUT2D eigenvalue weighted by Crippen LogP contribution is -2.52. The number of pyridine rings is 1. The Morgan fingerprint density at radius 3 is 2.47 bits per heavy atom. The van der Waals surface area contributed by atoms with Gasteiger partial charge < -0.3 is 15.3 Å². The molecule has 190 valence electrons. The summed E-state index contributed by atoms with van der Waals surface area (Å²) >= 11 is 0. The number of anilines is 1. The number of hydrogen-bond acceptors (Lipinski definition) is 6. The van der Waals surface area contributed by atoms with Crippen molar-refractivity contribution in [2.24, 2.45) is 0 Å². The molecule has 3 aromatic rings. The molecule has 0 spiro atoms. The monoisotopic (exact) mass is 509 g/mol. The van der Waals surface area contributed by atoms with Crippen molar-refractivity contribution in [2.75, 3.05) is 18.4 Å². The smallest absolute Gasteiger partial charge is 0.257 e. The average Bonchev–Trinajstić information content (AvgIpc) is 2.82. The largest absolute Gasteiger partial charge is 0.619 e. The first kappa shape index (κ1) is 25.2. The maximum Gasteiger partial charge on any atom is 0.257 e. The van der Waals surface area contributed by atoms with E-state index in [0.717, 1.165) is 24.8 Å². The van der Waals surface area contributed by atoms with Crippen molar-refractivity contribution in [3.05, 3.63) is 77.3 Å². The van der Waals surface area contributed by atoms with Gasteiger partial charge in [-0.15, -0.1) is 0 Å². The van der Waals surface area contributed by atoms with Crippen LogP contribution in [-0.4, -0.2) is 45.8 Å². The van der Waals surface area contributed by atoms with Crippen LogP contribution in [0.3, 0.4) is 0 Å². The number of nitrogens with zero attached hydrogens (tertiary/aromatic N) is 4. The van der Waals surface area contributed by atoms with E-state index >= 15 is 0 Å². The molecular weight excluding hydrogens is 489 g/mol. The Balaban J connectivity index is 1.40. The van der Waals surface area contributed by atoms with Crippen molar-refractivity contribution in [1.82, 2.24) is 14.9 Å². The van der Waals surface area contributed by atoms with E-state index in [1.165, 1.54) is 12.1 Å². The van der Waals surface area contributed by atoms with Gasteiger partial charge in [0.1, 0.15) is 5.82 Å². The van der Waals surface area contributed by atoms with E-state index in [4.69, 9.17) is 4.74 Å². The van der Waals surface area contributed by atoms with Gasteiger partial charge in [0, 0.05) is 43.8 Å². The highest BCUT2D eigenvalue weighted by Gasteiger charge is 2.46. The Hall–Kier alpha value is -3.87. The maximum atomic E-state index is 14.6. The predicted octanol–water partition coefficient (Wildman–Crippen LogP) is 3.77. The quantitative estimate of drug-likeness (QED) is 0.309. The molecule has 0 aliphatic carbocycles. The number of benzene rings is 1. The van der Waals surface area contributed by atoms with Crippen LogP contribution < -0.4 is 14.8 Å². The van der Waals surface area contributed by atoms with Crippen molar-refractivity contribution < 1.29 is 36.2 Å². The van der Waals surface area contributed by atoms with E-state index in [1.54, 1.807) is 11.8 Å². The number of halogens is 5. The molecule has 3 heterocycles. The molecule has 8 nitrogen and oxygen atoms in total. The van der Waals surface area contributed by atoms with E-state index in [0.29, 0.717) is 22.4 Å². The summed E-state index contributed by atoms with van der Waals surface area (Å²) < 4.78 is 75.2. The molecule has 1 aliphatic rings. The van der Waals surface area contributed by atoms with E-state index in [-0.39, 0.29) is 24.8 Å². The summed E-state index contributed by atoms with van der Waals surface area (Å²) in [4.78, 5) is 22.1. The molecule has 1 amide bonds. The Kier molecular flexibility index (Phi) is 7.02. The average molecular weight is 509 g/mol. The summed E-state index contributed by atoms with van der Waals surface area (Å²) in [7, 11) is 0. The molecule has 1 unspecified atom stereocenters. The number of amides is 1. The molecule has 1 saturated heterocycles. The van der Waals surface area contributed by atoms with Crippen LogP contribution in [0.1, 0.15) is 24.8 Å². The van der Waals surface area contributed by atoms with Crippen molar-refractivity contribution in [2.45, 2.75) is 31.2 Å². The number of rotatable bonds is 6. The lowest BCUT2D eigenvalue weighted by molar-refractivity contribution is -0.605. The van der Waals surface area contributed by atoms with E-state index < -0.39 is 53.4 Å². The first-order chi connectivity index (χ1) is 17.0. The lowest BCUT2D eigenvalue weighted by Gasteiger charge is -2.40. The Morgan fingerprint density at radius 1 is 1.19 bits per heavy atom. The van der Waals surface area contributed by atoms with Crippen LogP contribution in [0.25, 0.3) is 0 Å². The number of nitrogens with one attached hydrogen (secondary N) is 1. The van der Waals surface area contributed by atoms with Gasteiger partial charge in [0.05, 0.1) is 24.4 Å². The third-order valence-electron chi connectivity index (χ3n) is 5.87. The summed E-state index contributed by atoms with van der Waals surface area (Å²) in [5, 5.41) is 13.8. The Labute approximate surface area is 201 Å². The Bertz CT molecular complexity index is 1220. The zero-order valence-electron chi connectivity index (χ0n) is 18.8. The van der Waals surface area contributed by atoms with Gasteiger partial charge >= 0.3 is 0 Å². The molecule has 0 radical (unpaired) electrons. The van der Waals surface area contributed by atoms with Crippen LogP contribution in [0.5, 0.6) is 11.6 Å². The summed E-state index contributed by atoms with van der Waals surface area (Å²) in [6, 6.07) is 2.75. The minimum absolute atomic E-state index is 0.0128. The molecule has 0 saturated carbocycles. The Morgan fingerprint density at radius 2 is 1.86 bits per heavy atom. The molecule has 2 aromatic heterocycles. The highest BCUT2D eigenvalue weighted by Crippen LogP contribution is 2.40. The fourth-order valence-corrected chi connectivity index (χ4v) is 3.84. The van der Waals surface area contributed by atoms with Gasteiger partial charge in [-0.2, -0.15) is 4.73 Å². The van der Waals surface area contributed by atoms with Crippen molar-refractivity contribution in [3.8, 4) is 11.6 Å². The minimum Gasteiger partial charge on any atom is -0.619 e. The van der Waals surface area contributed by atoms with Crippen LogP contribution in [0.4, 0.5) is 27.8 Å². The number of carbonyl (C=O) groups is 1. The number of aromatic nitrogens is 3. The van der Waals surface area contributed by atoms with E-state index in [1.807, 2.05) is 0 Å². The fraction of sp³-hybridized carbons (Fsp3) is 0.304. The van der Waals surface area contributed by atoms with Crippen LogP contribution in [-0.2, 0) is 4.79 Å². The van der Waals surface area contributed by atoms with E-state index in [2.05, 4.69) is 15.3 Å². The number of carbonyl (C=O) groups excluding carboxylic acids is 1. The second-order valence-corrected chi connectivity index (χ2v) is 8.26.